The number of anilines is 1. The molecular weight excluding hydrogens is 450 g/mol. The molecule has 4 aromatic heterocycles. The average Bonchev–Trinajstić information content (AvgIpc) is 3.41. The van der Waals surface area contributed by atoms with Crippen molar-refractivity contribution in [3.8, 4) is 11.3 Å². The van der Waals surface area contributed by atoms with Crippen LogP contribution in [0.15, 0.2) is 54.7 Å². The van der Waals surface area contributed by atoms with Gasteiger partial charge < -0.3 is 14.2 Å². The summed E-state index contributed by atoms with van der Waals surface area (Å²) in [6.45, 7) is 3.55. The number of rotatable bonds is 5. The molecule has 36 heavy (non-hydrogen) atoms. The third-order valence-electron chi connectivity index (χ3n) is 7.33. The molecule has 0 radical (unpaired) electrons. The number of fused-ring (bicyclic) bond motifs is 3. The number of benzene rings is 1. The number of nitrogens with zero attached hydrogens (tertiary/aromatic N) is 7. The summed E-state index contributed by atoms with van der Waals surface area (Å²) in [4.78, 5) is 12.2. The van der Waals surface area contributed by atoms with Gasteiger partial charge in [-0.2, -0.15) is 0 Å². The van der Waals surface area contributed by atoms with Crippen molar-refractivity contribution in [3.63, 3.8) is 0 Å². The van der Waals surface area contributed by atoms with Gasteiger partial charge in [-0.15, -0.1) is 5.10 Å². The van der Waals surface area contributed by atoms with Crippen molar-refractivity contribution in [2.45, 2.75) is 25.8 Å². The van der Waals surface area contributed by atoms with Gasteiger partial charge in [0.15, 0.2) is 0 Å². The van der Waals surface area contributed by atoms with E-state index in [4.69, 9.17) is 14.7 Å². The first kappa shape index (κ1) is 22.7. The van der Waals surface area contributed by atoms with Crippen molar-refractivity contribution in [2.75, 3.05) is 32.2 Å². The van der Waals surface area contributed by atoms with E-state index in [1.54, 1.807) is 0 Å². The number of aromatic nitrogens is 6. The highest BCUT2D eigenvalue weighted by Crippen LogP contribution is 2.41. The Hall–Kier alpha value is -3.78. The van der Waals surface area contributed by atoms with Gasteiger partial charge in [0.05, 0.1) is 28.5 Å². The Balaban J connectivity index is 1.68. The molecule has 0 unspecified atom stereocenters. The number of aryl methyl sites for hydroxylation is 2. The molecule has 5 heterocycles. The summed E-state index contributed by atoms with van der Waals surface area (Å²) in [5, 5.41) is 9.56. The van der Waals surface area contributed by atoms with Gasteiger partial charge in [-0.1, -0.05) is 35.5 Å². The molecule has 1 saturated heterocycles. The highest BCUT2D eigenvalue weighted by atomic mass is 16.5. The van der Waals surface area contributed by atoms with Crippen molar-refractivity contribution in [3.05, 3.63) is 66.0 Å². The normalized spacial score (nSPS) is 15.6. The molecule has 0 bridgehead atoms. The lowest BCUT2D eigenvalue weighted by Crippen LogP contribution is -2.27. The van der Waals surface area contributed by atoms with Gasteiger partial charge in [-0.3, -0.25) is 4.98 Å². The number of hydrogen-bond donors (Lipinski definition) is 0. The van der Waals surface area contributed by atoms with Crippen LogP contribution in [0.4, 0.5) is 5.82 Å². The highest BCUT2D eigenvalue weighted by Gasteiger charge is 2.31. The maximum absolute atomic E-state index is 5.76. The van der Waals surface area contributed by atoms with E-state index in [1.807, 2.05) is 38.9 Å². The van der Waals surface area contributed by atoms with Crippen LogP contribution in [0.25, 0.3) is 33.3 Å². The Labute approximate surface area is 210 Å². The van der Waals surface area contributed by atoms with Crippen molar-refractivity contribution in [1.29, 1.82) is 0 Å². The molecule has 1 aliphatic heterocycles. The van der Waals surface area contributed by atoms with E-state index in [-0.39, 0.29) is 6.04 Å². The van der Waals surface area contributed by atoms with E-state index in [9.17, 15) is 0 Å². The smallest absolute Gasteiger partial charge is 0.145 e. The standard InChI is InChI=1S/C28H31N7O/c1-18-26(34(4)32-31-18)21-16-23-25(29-17-21)22-10-11-24(33(2)3)30-28(22)35(23)27(19-8-6-5-7-9-19)20-12-14-36-15-13-20/h5-11,16-17,20,27H,12-15H2,1-4H3/t27-/m1/s1. The molecule has 1 aromatic carbocycles. The fourth-order valence-corrected chi connectivity index (χ4v) is 5.60. The van der Waals surface area contributed by atoms with Gasteiger partial charge in [0.1, 0.15) is 11.5 Å². The van der Waals surface area contributed by atoms with Crippen LogP contribution in [0.1, 0.15) is 30.1 Å². The van der Waals surface area contributed by atoms with Crippen LogP contribution >= 0.6 is 0 Å². The van der Waals surface area contributed by atoms with Crippen molar-refractivity contribution >= 4 is 27.9 Å². The Morgan fingerprint density at radius 1 is 1.06 bits per heavy atom. The maximum atomic E-state index is 5.76. The lowest BCUT2D eigenvalue weighted by Gasteiger charge is -2.33. The van der Waals surface area contributed by atoms with E-state index in [1.165, 1.54) is 5.56 Å². The zero-order valence-corrected chi connectivity index (χ0v) is 21.2. The Morgan fingerprint density at radius 3 is 2.53 bits per heavy atom. The molecule has 5 aromatic rings. The summed E-state index contributed by atoms with van der Waals surface area (Å²) in [5.74, 6) is 1.35. The molecule has 0 N–H and O–H groups in total. The van der Waals surface area contributed by atoms with Gasteiger partial charge in [0.2, 0.25) is 0 Å². The quantitative estimate of drug-likeness (QED) is 0.360. The molecule has 1 aliphatic rings. The molecular formula is C28H31N7O. The molecule has 8 heteroatoms. The summed E-state index contributed by atoms with van der Waals surface area (Å²) < 4.78 is 10.0. The predicted molar refractivity (Wildman–Crippen MR) is 142 cm³/mol. The SMILES string of the molecule is Cc1nnn(C)c1-c1cnc2c3ccc(N(C)C)nc3n([C@H](c3ccccc3)C3CCOCC3)c2c1. The fraction of sp³-hybridized carbons (Fsp3) is 0.357. The lowest BCUT2D eigenvalue weighted by atomic mass is 9.86. The number of hydrogen-bond acceptors (Lipinski definition) is 6. The van der Waals surface area contributed by atoms with Gasteiger partial charge in [-0.05, 0) is 49.4 Å². The van der Waals surface area contributed by atoms with E-state index in [2.05, 4.69) is 68.3 Å². The second-order valence-electron chi connectivity index (χ2n) is 9.85. The number of pyridine rings is 2. The zero-order chi connectivity index (χ0) is 24.8. The summed E-state index contributed by atoms with van der Waals surface area (Å²) in [7, 11) is 5.99. The summed E-state index contributed by atoms with van der Waals surface area (Å²) >= 11 is 0. The van der Waals surface area contributed by atoms with Crippen molar-refractivity contribution in [2.24, 2.45) is 13.0 Å². The maximum Gasteiger partial charge on any atom is 0.145 e. The molecule has 0 aliphatic carbocycles. The molecule has 0 spiro atoms. The van der Waals surface area contributed by atoms with E-state index < -0.39 is 0 Å². The molecule has 8 nitrogen and oxygen atoms in total. The van der Waals surface area contributed by atoms with Crippen molar-refractivity contribution in [1.82, 2.24) is 29.5 Å². The molecule has 0 amide bonds. The van der Waals surface area contributed by atoms with Crippen LogP contribution in [0.3, 0.4) is 0 Å². The Kier molecular flexibility index (Phi) is 5.68. The molecule has 1 atom stereocenters. The van der Waals surface area contributed by atoms with Crippen LogP contribution in [-0.2, 0) is 11.8 Å². The van der Waals surface area contributed by atoms with Gasteiger partial charge in [0.25, 0.3) is 0 Å². The van der Waals surface area contributed by atoms with E-state index in [0.29, 0.717) is 5.92 Å². The Bertz CT molecular complexity index is 1510. The fourth-order valence-electron chi connectivity index (χ4n) is 5.60. The minimum absolute atomic E-state index is 0.114. The lowest BCUT2D eigenvalue weighted by molar-refractivity contribution is 0.0552. The first-order valence-corrected chi connectivity index (χ1v) is 12.5. The second-order valence-corrected chi connectivity index (χ2v) is 9.85. The molecule has 0 saturated carbocycles. The average molecular weight is 482 g/mol. The first-order chi connectivity index (χ1) is 17.5. The summed E-state index contributed by atoms with van der Waals surface area (Å²) in [5.41, 5.74) is 7.15. The first-order valence-electron chi connectivity index (χ1n) is 12.5. The van der Waals surface area contributed by atoms with E-state index in [0.717, 1.165) is 70.9 Å². The Morgan fingerprint density at radius 2 is 1.83 bits per heavy atom. The largest absolute Gasteiger partial charge is 0.381 e. The molecule has 184 valence electrons. The minimum Gasteiger partial charge on any atom is -0.381 e. The van der Waals surface area contributed by atoms with Gasteiger partial charge in [-0.25, -0.2) is 9.67 Å². The van der Waals surface area contributed by atoms with Crippen LogP contribution in [0.2, 0.25) is 0 Å². The topological polar surface area (TPSA) is 73.9 Å². The third kappa shape index (κ3) is 3.73. The number of ether oxygens (including phenoxy) is 1. The molecule has 1 fully saturated rings. The second kappa shape index (κ2) is 9.02. The van der Waals surface area contributed by atoms with Crippen LogP contribution < -0.4 is 4.90 Å². The van der Waals surface area contributed by atoms with Crippen LogP contribution in [0.5, 0.6) is 0 Å². The van der Waals surface area contributed by atoms with Gasteiger partial charge in [0, 0.05) is 51.5 Å². The van der Waals surface area contributed by atoms with Gasteiger partial charge >= 0.3 is 0 Å². The monoisotopic (exact) mass is 481 g/mol. The third-order valence-corrected chi connectivity index (χ3v) is 7.33. The zero-order valence-electron chi connectivity index (χ0n) is 21.2. The minimum atomic E-state index is 0.114. The van der Waals surface area contributed by atoms with Crippen LogP contribution in [0, 0.1) is 12.8 Å². The highest BCUT2D eigenvalue weighted by molar-refractivity contribution is 6.05. The summed E-state index contributed by atoms with van der Waals surface area (Å²) in [6, 6.07) is 17.4. The predicted octanol–water partition coefficient (Wildman–Crippen LogP) is 4.77. The van der Waals surface area contributed by atoms with Crippen LogP contribution in [-0.4, -0.2) is 56.8 Å². The molecule has 6 rings (SSSR count). The summed E-state index contributed by atoms with van der Waals surface area (Å²) in [6.07, 6.45) is 3.95. The van der Waals surface area contributed by atoms with Crippen molar-refractivity contribution < 1.29 is 4.74 Å². The van der Waals surface area contributed by atoms with E-state index >= 15 is 0 Å².